The third-order valence-corrected chi connectivity index (χ3v) is 4.12. The number of fused-ring (bicyclic) bond motifs is 1. The Morgan fingerprint density at radius 3 is 1.96 bits per heavy atom. The van der Waals surface area contributed by atoms with E-state index >= 15 is 0 Å². The fourth-order valence-electron chi connectivity index (χ4n) is 2.91. The summed E-state index contributed by atoms with van der Waals surface area (Å²) in [5.74, 6) is -0.230. The molecule has 2 heteroatoms. The quantitative estimate of drug-likeness (QED) is 0.462. The second kappa shape index (κ2) is 6.17. The molecule has 0 aliphatic rings. The molecule has 0 aromatic heterocycles. The smallest absolute Gasteiger partial charge is 0.123 e. The average molecular weight is 313 g/mol. The maximum absolute atomic E-state index is 13.0. The molecule has 4 rings (SSSR count). The summed E-state index contributed by atoms with van der Waals surface area (Å²) in [4.78, 5) is 0. The standard InChI is InChI=1S/C22H16FN/c23-18-10-14-20(15-11-18)24-19-12-8-17(9-13-19)22-7-3-5-16-4-1-2-6-21(16)22/h1-15,24H. The van der Waals surface area contributed by atoms with Gasteiger partial charge in [-0.1, -0.05) is 54.6 Å². The van der Waals surface area contributed by atoms with Crippen molar-refractivity contribution in [3.63, 3.8) is 0 Å². The van der Waals surface area contributed by atoms with Crippen LogP contribution in [-0.2, 0) is 0 Å². The number of hydrogen-bond donors (Lipinski definition) is 1. The fourth-order valence-corrected chi connectivity index (χ4v) is 2.91. The van der Waals surface area contributed by atoms with Crippen molar-refractivity contribution in [3.8, 4) is 11.1 Å². The van der Waals surface area contributed by atoms with E-state index in [0.29, 0.717) is 0 Å². The van der Waals surface area contributed by atoms with Crippen LogP contribution < -0.4 is 5.32 Å². The minimum atomic E-state index is -0.230. The van der Waals surface area contributed by atoms with E-state index in [1.807, 2.05) is 12.1 Å². The molecule has 0 radical (unpaired) electrons. The highest BCUT2D eigenvalue weighted by Crippen LogP contribution is 2.29. The van der Waals surface area contributed by atoms with Crippen molar-refractivity contribution in [3.05, 3.63) is 96.8 Å². The van der Waals surface area contributed by atoms with Gasteiger partial charge >= 0.3 is 0 Å². The highest BCUT2D eigenvalue weighted by atomic mass is 19.1. The molecule has 0 heterocycles. The van der Waals surface area contributed by atoms with E-state index < -0.39 is 0 Å². The van der Waals surface area contributed by atoms with Gasteiger partial charge in [0.05, 0.1) is 0 Å². The van der Waals surface area contributed by atoms with Crippen LogP contribution in [0.1, 0.15) is 0 Å². The van der Waals surface area contributed by atoms with Crippen molar-refractivity contribution in [1.29, 1.82) is 0 Å². The molecule has 0 aliphatic heterocycles. The van der Waals surface area contributed by atoms with Crippen LogP contribution in [0.15, 0.2) is 91.0 Å². The van der Waals surface area contributed by atoms with Gasteiger partial charge in [-0.15, -0.1) is 0 Å². The first-order valence-corrected chi connectivity index (χ1v) is 7.90. The van der Waals surface area contributed by atoms with E-state index in [-0.39, 0.29) is 5.82 Å². The molecule has 0 unspecified atom stereocenters. The molecule has 0 fully saturated rings. The summed E-state index contributed by atoms with van der Waals surface area (Å²) in [5, 5.41) is 5.77. The van der Waals surface area contributed by atoms with Crippen LogP contribution in [0.2, 0.25) is 0 Å². The largest absolute Gasteiger partial charge is 0.356 e. The van der Waals surface area contributed by atoms with Crippen LogP contribution in [0.3, 0.4) is 0 Å². The molecule has 4 aromatic carbocycles. The molecule has 0 amide bonds. The third kappa shape index (κ3) is 2.86. The second-order valence-corrected chi connectivity index (χ2v) is 5.74. The Kier molecular flexibility index (Phi) is 3.72. The molecule has 116 valence electrons. The van der Waals surface area contributed by atoms with Gasteiger partial charge in [0.25, 0.3) is 0 Å². The van der Waals surface area contributed by atoms with Gasteiger partial charge in [-0.05, 0) is 58.3 Å². The lowest BCUT2D eigenvalue weighted by molar-refractivity contribution is 0.628. The van der Waals surface area contributed by atoms with Crippen LogP contribution in [-0.4, -0.2) is 0 Å². The molecule has 0 bridgehead atoms. The van der Waals surface area contributed by atoms with Gasteiger partial charge in [-0.25, -0.2) is 4.39 Å². The lowest BCUT2D eigenvalue weighted by atomic mass is 9.98. The monoisotopic (exact) mass is 313 g/mol. The van der Waals surface area contributed by atoms with E-state index in [9.17, 15) is 4.39 Å². The van der Waals surface area contributed by atoms with E-state index in [1.54, 1.807) is 12.1 Å². The Morgan fingerprint density at radius 2 is 1.21 bits per heavy atom. The molecule has 1 nitrogen and oxygen atoms in total. The topological polar surface area (TPSA) is 12.0 Å². The van der Waals surface area contributed by atoms with Gasteiger partial charge < -0.3 is 5.32 Å². The van der Waals surface area contributed by atoms with Crippen LogP contribution in [0.4, 0.5) is 15.8 Å². The first-order chi connectivity index (χ1) is 11.8. The number of nitrogens with one attached hydrogen (secondary N) is 1. The molecular formula is C22H16FN. The van der Waals surface area contributed by atoms with E-state index in [0.717, 1.165) is 11.4 Å². The Labute approximate surface area is 140 Å². The van der Waals surface area contributed by atoms with Crippen molar-refractivity contribution in [2.45, 2.75) is 0 Å². The van der Waals surface area contributed by atoms with Crippen molar-refractivity contribution in [2.24, 2.45) is 0 Å². The molecule has 24 heavy (non-hydrogen) atoms. The zero-order valence-corrected chi connectivity index (χ0v) is 13.0. The maximum atomic E-state index is 13.0. The zero-order chi connectivity index (χ0) is 16.4. The molecule has 1 N–H and O–H groups in total. The summed E-state index contributed by atoms with van der Waals surface area (Å²) in [7, 11) is 0. The fraction of sp³-hybridized carbons (Fsp3) is 0. The minimum Gasteiger partial charge on any atom is -0.356 e. The van der Waals surface area contributed by atoms with Gasteiger partial charge in [0, 0.05) is 11.4 Å². The van der Waals surface area contributed by atoms with Crippen molar-refractivity contribution >= 4 is 22.1 Å². The molecule has 4 aromatic rings. The summed E-state index contributed by atoms with van der Waals surface area (Å²) in [6.45, 7) is 0. The summed E-state index contributed by atoms with van der Waals surface area (Å²) in [6, 6.07) is 29.4. The average Bonchev–Trinajstić information content (AvgIpc) is 2.64. The van der Waals surface area contributed by atoms with Crippen LogP contribution >= 0.6 is 0 Å². The van der Waals surface area contributed by atoms with Crippen molar-refractivity contribution in [1.82, 2.24) is 0 Å². The summed E-state index contributed by atoms with van der Waals surface area (Å²) in [6.07, 6.45) is 0. The Bertz CT molecular complexity index is 967. The molecule has 0 atom stereocenters. The van der Waals surface area contributed by atoms with E-state index in [2.05, 4.69) is 59.9 Å². The SMILES string of the molecule is Fc1ccc(Nc2ccc(-c3cccc4ccccc34)cc2)cc1. The third-order valence-electron chi connectivity index (χ3n) is 4.12. The molecule has 0 spiro atoms. The predicted molar refractivity (Wildman–Crippen MR) is 99.1 cm³/mol. The zero-order valence-electron chi connectivity index (χ0n) is 13.0. The number of rotatable bonds is 3. The lowest BCUT2D eigenvalue weighted by Crippen LogP contribution is -1.90. The normalized spacial score (nSPS) is 10.7. The van der Waals surface area contributed by atoms with Crippen molar-refractivity contribution in [2.75, 3.05) is 5.32 Å². The molecular weight excluding hydrogens is 297 g/mol. The molecule has 0 aliphatic carbocycles. The second-order valence-electron chi connectivity index (χ2n) is 5.74. The highest BCUT2D eigenvalue weighted by molar-refractivity contribution is 5.96. The van der Waals surface area contributed by atoms with Gasteiger partial charge in [0.2, 0.25) is 0 Å². The first-order valence-electron chi connectivity index (χ1n) is 7.90. The first kappa shape index (κ1) is 14.5. The Morgan fingerprint density at radius 1 is 0.583 bits per heavy atom. The van der Waals surface area contributed by atoms with Crippen LogP contribution in [0.5, 0.6) is 0 Å². The summed E-state index contributed by atoms with van der Waals surface area (Å²) in [5.41, 5.74) is 4.25. The van der Waals surface area contributed by atoms with Gasteiger partial charge in [0.15, 0.2) is 0 Å². The van der Waals surface area contributed by atoms with Crippen molar-refractivity contribution < 1.29 is 4.39 Å². The van der Waals surface area contributed by atoms with E-state index in [1.165, 1.54) is 34.0 Å². The number of halogens is 1. The lowest BCUT2D eigenvalue weighted by Gasteiger charge is -2.10. The van der Waals surface area contributed by atoms with E-state index in [4.69, 9.17) is 0 Å². The minimum absolute atomic E-state index is 0.230. The van der Waals surface area contributed by atoms with Gasteiger partial charge in [-0.2, -0.15) is 0 Å². The van der Waals surface area contributed by atoms with Crippen LogP contribution in [0, 0.1) is 5.82 Å². The van der Waals surface area contributed by atoms with Crippen LogP contribution in [0.25, 0.3) is 21.9 Å². The predicted octanol–water partition coefficient (Wildman–Crippen LogP) is 6.39. The van der Waals surface area contributed by atoms with Gasteiger partial charge in [-0.3, -0.25) is 0 Å². The summed E-state index contributed by atoms with van der Waals surface area (Å²) < 4.78 is 13.0. The number of benzene rings is 4. The maximum Gasteiger partial charge on any atom is 0.123 e. The highest BCUT2D eigenvalue weighted by Gasteiger charge is 2.03. The molecule has 0 saturated heterocycles. The Hall–Kier alpha value is -3.13. The Balaban J connectivity index is 1.64. The number of anilines is 2. The summed E-state index contributed by atoms with van der Waals surface area (Å²) >= 11 is 0. The van der Waals surface area contributed by atoms with Gasteiger partial charge in [0.1, 0.15) is 5.82 Å². The molecule has 0 saturated carbocycles. The number of hydrogen-bond acceptors (Lipinski definition) is 1.